The number of oxime groups is 1. The number of unbranched alkanes of at least 4 members (excludes halogenated alkanes) is 1. The third-order valence-corrected chi connectivity index (χ3v) is 6.81. The lowest BCUT2D eigenvalue weighted by Gasteiger charge is -2.21. The Bertz CT molecular complexity index is 757. The average Bonchev–Trinajstić information content (AvgIpc) is 3.08. The molecule has 1 aromatic rings. The van der Waals surface area contributed by atoms with Crippen molar-refractivity contribution in [3.05, 3.63) is 42.2 Å². The zero-order chi connectivity index (χ0) is 22.6. The molecule has 4 atom stereocenters. The van der Waals surface area contributed by atoms with Crippen LogP contribution in [0.4, 0.5) is 4.39 Å². The summed E-state index contributed by atoms with van der Waals surface area (Å²) >= 11 is 1.27. The number of benzene rings is 1. The van der Waals surface area contributed by atoms with E-state index >= 15 is 0 Å². The van der Waals surface area contributed by atoms with Crippen LogP contribution in [0.1, 0.15) is 44.9 Å². The van der Waals surface area contributed by atoms with Gasteiger partial charge in [-0.25, -0.2) is 4.39 Å². The highest BCUT2D eigenvalue weighted by molar-refractivity contribution is 7.99. The summed E-state index contributed by atoms with van der Waals surface area (Å²) in [5.74, 6) is -0.365. The summed E-state index contributed by atoms with van der Waals surface area (Å²) in [5.41, 5.74) is 0.561. The van der Waals surface area contributed by atoms with Crippen LogP contribution in [0.3, 0.4) is 0 Å². The van der Waals surface area contributed by atoms with Crippen molar-refractivity contribution in [3.8, 4) is 0 Å². The fraction of sp³-hybridized carbons (Fsp3) is 0.565. The van der Waals surface area contributed by atoms with Gasteiger partial charge in [0.15, 0.2) is 0 Å². The molecule has 1 aromatic carbocycles. The summed E-state index contributed by atoms with van der Waals surface area (Å²) < 4.78 is 18.3. The van der Waals surface area contributed by atoms with Crippen LogP contribution in [0.15, 0.2) is 46.5 Å². The Morgan fingerprint density at radius 2 is 2.16 bits per heavy atom. The van der Waals surface area contributed by atoms with Gasteiger partial charge >= 0.3 is 5.97 Å². The monoisotopic (exact) mass is 453 g/mol. The maximum Gasteiger partial charge on any atom is 0.305 e. The number of carbonyl (C=O) groups is 1. The maximum absolute atomic E-state index is 13.7. The minimum Gasteiger partial charge on any atom is -0.469 e. The molecule has 0 unspecified atom stereocenters. The van der Waals surface area contributed by atoms with Crippen molar-refractivity contribution < 1.29 is 29.3 Å². The van der Waals surface area contributed by atoms with Crippen LogP contribution in [0, 0.1) is 17.7 Å². The van der Waals surface area contributed by atoms with Gasteiger partial charge < -0.3 is 20.2 Å². The Morgan fingerprint density at radius 3 is 2.87 bits per heavy atom. The first-order valence-corrected chi connectivity index (χ1v) is 11.6. The van der Waals surface area contributed by atoms with Gasteiger partial charge in [0.05, 0.1) is 25.0 Å². The smallest absolute Gasteiger partial charge is 0.305 e. The number of rotatable bonds is 12. The van der Waals surface area contributed by atoms with Crippen molar-refractivity contribution in [2.24, 2.45) is 17.0 Å². The largest absolute Gasteiger partial charge is 0.469 e. The van der Waals surface area contributed by atoms with Gasteiger partial charge in [0.2, 0.25) is 0 Å². The Labute approximate surface area is 187 Å². The van der Waals surface area contributed by atoms with Crippen LogP contribution in [-0.2, 0) is 9.53 Å². The Hall–Kier alpha value is -1.90. The average molecular weight is 454 g/mol. The number of carbonyl (C=O) groups excluding carboxylic acids is 1. The molecule has 0 aliphatic heterocycles. The molecule has 1 aliphatic rings. The highest BCUT2D eigenvalue weighted by atomic mass is 32.2. The summed E-state index contributed by atoms with van der Waals surface area (Å²) in [6.45, 7) is 0. The molecule has 3 N–H and O–H groups in total. The number of esters is 1. The lowest BCUT2D eigenvalue weighted by atomic mass is 9.86. The van der Waals surface area contributed by atoms with Crippen LogP contribution in [0.25, 0.3) is 0 Å². The number of hydrogen-bond acceptors (Lipinski definition) is 7. The first-order chi connectivity index (χ1) is 15.0. The molecule has 0 heterocycles. The van der Waals surface area contributed by atoms with E-state index < -0.39 is 12.2 Å². The number of thioether (sulfide) groups is 1. The summed E-state index contributed by atoms with van der Waals surface area (Å²) in [6.07, 6.45) is 6.57. The van der Waals surface area contributed by atoms with Crippen LogP contribution < -0.4 is 0 Å². The number of allylic oxidation sites excluding steroid dienone is 2. The van der Waals surface area contributed by atoms with Gasteiger partial charge in [-0.15, -0.1) is 11.8 Å². The molecule has 172 valence electrons. The second-order valence-corrected chi connectivity index (χ2v) is 8.84. The topological polar surface area (TPSA) is 99.4 Å². The summed E-state index contributed by atoms with van der Waals surface area (Å²) in [5, 5.41) is 33.5. The Kier molecular flexibility index (Phi) is 11.0. The van der Waals surface area contributed by atoms with E-state index in [1.54, 1.807) is 18.2 Å². The highest BCUT2D eigenvalue weighted by Gasteiger charge is 2.39. The SMILES string of the molecule is COC(=O)CCC/C=C\C[C@H]1[C@@H](O)C/C(=N/O)[C@@H]1CC[C@@H](O)CSc1ccccc1F. The predicted molar refractivity (Wildman–Crippen MR) is 119 cm³/mol. The van der Waals surface area contributed by atoms with Crippen molar-refractivity contribution in [3.63, 3.8) is 0 Å². The molecule has 2 rings (SSSR count). The van der Waals surface area contributed by atoms with Crippen molar-refractivity contribution in [2.75, 3.05) is 12.9 Å². The molecular weight excluding hydrogens is 421 g/mol. The fourth-order valence-electron chi connectivity index (χ4n) is 3.89. The molecule has 0 spiro atoms. The minimum absolute atomic E-state index is 0.0887. The molecule has 31 heavy (non-hydrogen) atoms. The predicted octanol–water partition coefficient (Wildman–Crippen LogP) is 4.18. The van der Waals surface area contributed by atoms with Crippen LogP contribution in [0.5, 0.6) is 0 Å². The van der Waals surface area contributed by atoms with E-state index in [2.05, 4.69) is 9.89 Å². The van der Waals surface area contributed by atoms with Crippen molar-refractivity contribution in [2.45, 2.75) is 62.0 Å². The number of aliphatic hydroxyl groups is 2. The minimum atomic E-state index is -0.628. The molecule has 0 amide bonds. The van der Waals surface area contributed by atoms with E-state index in [1.165, 1.54) is 24.9 Å². The zero-order valence-electron chi connectivity index (χ0n) is 17.8. The van der Waals surface area contributed by atoms with Gasteiger partial charge in [-0.05, 0) is 50.2 Å². The molecule has 0 radical (unpaired) electrons. The van der Waals surface area contributed by atoms with Gasteiger partial charge in [-0.3, -0.25) is 4.79 Å². The molecule has 8 heteroatoms. The molecule has 0 saturated heterocycles. The standard InChI is InChI=1S/C23H32FNO5S/c1-30-23(28)11-5-3-2-4-8-18-17(20(25-29)14-21(18)27)13-12-16(26)15-31-22-10-7-6-9-19(22)24/h2,4,6-7,9-10,16-18,21,26-27,29H,3,5,8,11-15H2,1H3/b4-2-,25-20-/t16-,17-,18-,21+/m1/s1. The van der Waals surface area contributed by atoms with E-state index in [9.17, 15) is 24.6 Å². The lowest BCUT2D eigenvalue weighted by molar-refractivity contribution is -0.140. The first kappa shape index (κ1) is 25.4. The molecule has 1 aliphatic carbocycles. The van der Waals surface area contributed by atoms with E-state index in [0.717, 1.165) is 6.42 Å². The molecule has 6 nitrogen and oxygen atoms in total. The Balaban J connectivity index is 1.81. The van der Waals surface area contributed by atoms with E-state index in [4.69, 9.17) is 0 Å². The highest BCUT2D eigenvalue weighted by Crippen LogP contribution is 2.37. The number of halogens is 1. The number of hydrogen-bond donors (Lipinski definition) is 3. The maximum atomic E-state index is 13.7. The summed E-state index contributed by atoms with van der Waals surface area (Å²) in [7, 11) is 1.37. The third-order valence-electron chi connectivity index (χ3n) is 5.62. The van der Waals surface area contributed by atoms with Gasteiger partial charge in [-0.2, -0.15) is 0 Å². The van der Waals surface area contributed by atoms with Crippen LogP contribution in [0.2, 0.25) is 0 Å². The van der Waals surface area contributed by atoms with E-state index in [-0.39, 0.29) is 23.6 Å². The third kappa shape index (κ3) is 8.27. The van der Waals surface area contributed by atoms with E-state index in [0.29, 0.717) is 54.9 Å². The van der Waals surface area contributed by atoms with Crippen molar-refractivity contribution >= 4 is 23.4 Å². The quantitative estimate of drug-likeness (QED) is 0.110. The van der Waals surface area contributed by atoms with Crippen LogP contribution in [-0.4, -0.2) is 52.2 Å². The van der Waals surface area contributed by atoms with Crippen molar-refractivity contribution in [1.82, 2.24) is 0 Å². The second kappa shape index (κ2) is 13.5. The zero-order valence-corrected chi connectivity index (χ0v) is 18.6. The molecule has 0 aromatic heterocycles. The second-order valence-electron chi connectivity index (χ2n) is 7.78. The number of ether oxygens (including phenoxy) is 1. The van der Waals surface area contributed by atoms with Gasteiger partial charge in [-0.1, -0.05) is 29.4 Å². The van der Waals surface area contributed by atoms with E-state index in [1.807, 2.05) is 12.2 Å². The van der Waals surface area contributed by atoms with Gasteiger partial charge in [0.1, 0.15) is 5.82 Å². The molecule has 1 fully saturated rings. The summed E-state index contributed by atoms with van der Waals surface area (Å²) in [4.78, 5) is 11.6. The molecule has 1 saturated carbocycles. The number of methoxy groups -OCH3 is 1. The lowest BCUT2D eigenvalue weighted by Crippen LogP contribution is -2.22. The number of nitrogens with zero attached hydrogens (tertiary/aromatic N) is 1. The summed E-state index contributed by atoms with van der Waals surface area (Å²) in [6, 6.07) is 6.47. The Morgan fingerprint density at radius 1 is 1.39 bits per heavy atom. The van der Waals surface area contributed by atoms with Gasteiger partial charge in [0.25, 0.3) is 0 Å². The first-order valence-electron chi connectivity index (χ1n) is 10.6. The fourth-order valence-corrected chi connectivity index (χ4v) is 4.81. The van der Waals surface area contributed by atoms with Crippen molar-refractivity contribution in [1.29, 1.82) is 0 Å². The normalized spacial score (nSPS) is 23.5. The van der Waals surface area contributed by atoms with Gasteiger partial charge in [0, 0.05) is 29.4 Å². The molecule has 0 bridgehead atoms. The number of aliphatic hydroxyl groups excluding tert-OH is 2. The van der Waals surface area contributed by atoms with Crippen LogP contribution >= 0.6 is 11.8 Å². The molecular formula is C23H32FNO5S.